The summed E-state index contributed by atoms with van der Waals surface area (Å²) < 4.78 is 0. The molecule has 0 saturated heterocycles. The summed E-state index contributed by atoms with van der Waals surface area (Å²) in [7, 11) is 0. The van der Waals surface area contributed by atoms with Crippen LogP contribution in [0.4, 0.5) is 4.79 Å². The van der Waals surface area contributed by atoms with Gasteiger partial charge in [-0.2, -0.15) is 0 Å². The third kappa shape index (κ3) is 3.30. The number of hydrogen-bond donors (Lipinski definition) is 4. The van der Waals surface area contributed by atoms with Gasteiger partial charge in [0.25, 0.3) is 0 Å². The van der Waals surface area contributed by atoms with E-state index in [2.05, 4.69) is 15.8 Å². The molecule has 108 valence electrons. The summed E-state index contributed by atoms with van der Waals surface area (Å²) in [4.78, 5) is 12.1. The fourth-order valence-electron chi connectivity index (χ4n) is 3.21. The number of nitrogens with two attached hydrogens (primary N) is 1. The second-order valence-electron chi connectivity index (χ2n) is 5.71. The van der Waals surface area contributed by atoms with Gasteiger partial charge >= 0.3 is 6.03 Å². The van der Waals surface area contributed by atoms with E-state index >= 15 is 0 Å². The Kier molecular flexibility index (Phi) is 4.50. The van der Waals surface area contributed by atoms with Crippen LogP contribution in [0.5, 0.6) is 0 Å². The Morgan fingerprint density at radius 1 is 1.16 bits per heavy atom. The number of carbonyl (C=O) groups excluding carboxylic acids is 1. The molecule has 0 aromatic heterocycles. The minimum Gasteiger partial charge on any atom is -0.409 e. The molecule has 2 rings (SSSR count). The standard InChI is InChI=1S/C13H24N4O2/c14-11(17-19)13(8-4-5-9-13)16-12(18)15-10-6-2-1-3-7-10/h10,19H,1-9H2,(H2,14,17)(H2,15,16,18). The summed E-state index contributed by atoms with van der Waals surface area (Å²) in [5.41, 5.74) is 5.09. The van der Waals surface area contributed by atoms with Gasteiger partial charge in [0.05, 0.1) is 0 Å². The van der Waals surface area contributed by atoms with E-state index in [1.807, 2.05) is 0 Å². The lowest BCUT2D eigenvalue weighted by Crippen LogP contribution is -2.59. The molecule has 0 aliphatic heterocycles. The molecule has 0 bridgehead atoms. The first-order valence-corrected chi connectivity index (χ1v) is 7.23. The zero-order valence-electron chi connectivity index (χ0n) is 11.3. The van der Waals surface area contributed by atoms with Crippen molar-refractivity contribution in [1.29, 1.82) is 0 Å². The number of rotatable bonds is 3. The molecule has 0 aromatic rings. The first kappa shape index (κ1) is 14.0. The van der Waals surface area contributed by atoms with Crippen molar-refractivity contribution in [3.8, 4) is 0 Å². The number of urea groups is 1. The Morgan fingerprint density at radius 3 is 2.37 bits per heavy atom. The Bertz CT molecular complexity index is 345. The number of nitrogens with zero attached hydrogens (tertiary/aromatic N) is 1. The molecule has 19 heavy (non-hydrogen) atoms. The summed E-state index contributed by atoms with van der Waals surface area (Å²) in [6.07, 6.45) is 9.15. The summed E-state index contributed by atoms with van der Waals surface area (Å²) in [5, 5.41) is 17.9. The topological polar surface area (TPSA) is 99.7 Å². The molecule has 0 aromatic carbocycles. The van der Waals surface area contributed by atoms with E-state index in [1.54, 1.807) is 0 Å². The van der Waals surface area contributed by atoms with Gasteiger partial charge in [0.1, 0.15) is 5.54 Å². The van der Waals surface area contributed by atoms with Crippen LogP contribution in [-0.4, -0.2) is 28.7 Å². The van der Waals surface area contributed by atoms with Gasteiger partial charge in [0.15, 0.2) is 5.84 Å². The number of oxime groups is 1. The molecule has 2 aliphatic rings. The van der Waals surface area contributed by atoms with Gasteiger partial charge in [0, 0.05) is 6.04 Å². The monoisotopic (exact) mass is 268 g/mol. The number of nitrogens with one attached hydrogen (secondary N) is 2. The molecule has 0 heterocycles. The number of amidine groups is 1. The lowest BCUT2D eigenvalue weighted by atomic mass is 9.95. The molecular weight excluding hydrogens is 244 g/mol. The summed E-state index contributed by atoms with van der Waals surface area (Å²) in [6, 6.07) is 0.0693. The zero-order chi connectivity index (χ0) is 13.7. The predicted molar refractivity (Wildman–Crippen MR) is 73.1 cm³/mol. The highest BCUT2D eigenvalue weighted by molar-refractivity contribution is 5.93. The maximum atomic E-state index is 12.1. The van der Waals surface area contributed by atoms with Gasteiger partial charge in [-0.05, 0) is 25.7 Å². The molecule has 6 heteroatoms. The number of hydrogen-bond acceptors (Lipinski definition) is 3. The largest absolute Gasteiger partial charge is 0.409 e. The smallest absolute Gasteiger partial charge is 0.315 e. The van der Waals surface area contributed by atoms with Crippen molar-refractivity contribution >= 4 is 11.9 Å². The van der Waals surface area contributed by atoms with Gasteiger partial charge in [-0.25, -0.2) is 4.79 Å². The molecule has 2 saturated carbocycles. The van der Waals surface area contributed by atoms with E-state index in [0.717, 1.165) is 38.5 Å². The van der Waals surface area contributed by atoms with E-state index in [-0.39, 0.29) is 17.9 Å². The maximum Gasteiger partial charge on any atom is 0.315 e. The normalized spacial score (nSPS) is 24.1. The second-order valence-corrected chi connectivity index (χ2v) is 5.71. The van der Waals surface area contributed by atoms with Crippen LogP contribution >= 0.6 is 0 Å². The highest BCUT2D eigenvalue weighted by Gasteiger charge is 2.40. The van der Waals surface area contributed by atoms with E-state index in [9.17, 15) is 4.79 Å². The fourth-order valence-corrected chi connectivity index (χ4v) is 3.21. The number of carbonyl (C=O) groups is 1. The fraction of sp³-hybridized carbons (Fsp3) is 0.846. The molecular formula is C13H24N4O2. The molecule has 0 atom stereocenters. The van der Waals surface area contributed by atoms with Crippen LogP contribution in [0.1, 0.15) is 57.8 Å². The maximum absolute atomic E-state index is 12.1. The minimum atomic E-state index is -0.659. The Balaban J connectivity index is 1.91. The van der Waals surface area contributed by atoms with Crippen LogP contribution < -0.4 is 16.4 Å². The van der Waals surface area contributed by atoms with Gasteiger partial charge in [0.2, 0.25) is 0 Å². The third-order valence-corrected chi connectivity index (χ3v) is 4.35. The van der Waals surface area contributed by atoms with Crippen molar-refractivity contribution in [1.82, 2.24) is 10.6 Å². The quantitative estimate of drug-likeness (QED) is 0.271. The highest BCUT2D eigenvalue weighted by Crippen LogP contribution is 2.30. The van der Waals surface area contributed by atoms with Crippen molar-refractivity contribution < 1.29 is 10.0 Å². The van der Waals surface area contributed by atoms with Crippen LogP contribution in [0.15, 0.2) is 5.16 Å². The molecule has 2 aliphatic carbocycles. The van der Waals surface area contributed by atoms with Gasteiger partial charge in [-0.15, -0.1) is 0 Å². The summed E-state index contributed by atoms with van der Waals surface area (Å²) in [5.74, 6) is 0.115. The molecule has 2 amide bonds. The average Bonchev–Trinajstić information content (AvgIpc) is 2.88. The van der Waals surface area contributed by atoms with Crippen molar-refractivity contribution in [3.05, 3.63) is 0 Å². The molecule has 5 N–H and O–H groups in total. The predicted octanol–water partition coefficient (Wildman–Crippen LogP) is 1.68. The van der Waals surface area contributed by atoms with Crippen LogP contribution in [-0.2, 0) is 0 Å². The van der Waals surface area contributed by atoms with Gasteiger partial charge in [-0.3, -0.25) is 0 Å². The molecule has 0 spiro atoms. The van der Waals surface area contributed by atoms with Crippen molar-refractivity contribution in [2.45, 2.75) is 69.4 Å². The lowest BCUT2D eigenvalue weighted by Gasteiger charge is -2.30. The number of amides is 2. The lowest BCUT2D eigenvalue weighted by molar-refractivity contribution is 0.224. The molecule has 6 nitrogen and oxygen atoms in total. The van der Waals surface area contributed by atoms with E-state index < -0.39 is 5.54 Å². The first-order chi connectivity index (χ1) is 9.16. The Labute approximate surface area is 113 Å². The van der Waals surface area contributed by atoms with Gasteiger partial charge < -0.3 is 21.6 Å². The minimum absolute atomic E-state index is 0.115. The zero-order valence-corrected chi connectivity index (χ0v) is 11.3. The molecule has 2 fully saturated rings. The van der Waals surface area contributed by atoms with Crippen LogP contribution in [0.25, 0.3) is 0 Å². The van der Waals surface area contributed by atoms with E-state index in [1.165, 1.54) is 19.3 Å². The second kappa shape index (κ2) is 6.12. The Morgan fingerprint density at radius 2 is 1.79 bits per heavy atom. The molecule has 0 unspecified atom stereocenters. The van der Waals surface area contributed by atoms with Crippen LogP contribution in [0, 0.1) is 0 Å². The third-order valence-electron chi connectivity index (χ3n) is 4.35. The van der Waals surface area contributed by atoms with Crippen molar-refractivity contribution in [2.24, 2.45) is 10.9 Å². The Hall–Kier alpha value is -1.46. The van der Waals surface area contributed by atoms with Crippen LogP contribution in [0.2, 0.25) is 0 Å². The molecule has 0 radical (unpaired) electrons. The van der Waals surface area contributed by atoms with E-state index in [0.29, 0.717) is 0 Å². The van der Waals surface area contributed by atoms with Crippen molar-refractivity contribution in [2.75, 3.05) is 0 Å². The van der Waals surface area contributed by atoms with Gasteiger partial charge in [-0.1, -0.05) is 37.3 Å². The summed E-state index contributed by atoms with van der Waals surface area (Å²) >= 11 is 0. The van der Waals surface area contributed by atoms with E-state index in [4.69, 9.17) is 10.9 Å². The highest BCUT2D eigenvalue weighted by atomic mass is 16.4. The average molecular weight is 268 g/mol. The van der Waals surface area contributed by atoms with Crippen LogP contribution in [0.3, 0.4) is 0 Å². The SMILES string of the molecule is N/C(=N/O)C1(NC(=O)NC2CCCCC2)CCCC1. The van der Waals surface area contributed by atoms with Crippen molar-refractivity contribution in [3.63, 3.8) is 0 Å². The first-order valence-electron chi connectivity index (χ1n) is 7.23. The summed E-state index contributed by atoms with van der Waals surface area (Å²) in [6.45, 7) is 0.